The summed E-state index contributed by atoms with van der Waals surface area (Å²) in [6, 6.07) is 5.79. The maximum Gasteiger partial charge on any atom is 0.199 e. The predicted octanol–water partition coefficient (Wildman–Crippen LogP) is 2.79. The van der Waals surface area contributed by atoms with Gasteiger partial charge in [-0.3, -0.25) is 0 Å². The molecule has 0 spiro atoms. The number of benzene rings is 1. The van der Waals surface area contributed by atoms with Gasteiger partial charge < -0.3 is 19.8 Å². The number of aromatic amines is 1. The molecule has 0 bridgehead atoms. The second kappa shape index (κ2) is 5.13. The van der Waals surface area contributed by atoms with Gasteiger partial charge in [-0.1, -0.05) is 6.07 Å². The van der Waals surface area contributed by atoms with Crippen LogP contribution in [0.4, 0.5) is 5.82 Å². The van der Waals surface area contributed by atoms with Crippen LogP contribution in [0, 0.1) is 4.77 Å². The number of nitrogens with one attached hydrogen (secondary N) is 2. The van der Waals surface area contributed by atoms with E-state index in [2.05, 4.69) is 15.3 Å². The van der Waals surface area contributed by atoms with Crippen LogP contribution in [0.3, 0.4) is 0 Å². The zero-order valence-corrected chi connectivity index (χ0v) is 12.1. The molecule has 0 radical (unpaired) electrons. The number of H-pyrrole nitrogens is 1. The first-order chi connectivity index (χ1) is 9.74. The molecule has 0 aliphatic carbocycles. The smallest absolute Gasteiger partial charge is 0.199 e. The van der Waals surface area contributed by atoms with Crippen LogP contribution in [-0.4, -0.2) is 30.7 Å². The van der Waals surface area contributed by atoms with Crippen LogP contribution in [-0.2, 0) is 6.42 Å². The Morgan fingerprint density at radius 1 is 1.25 bits per heavy atom. The zero-order chi connectivity index (χ0) is 14.1. The molecule has 1 aromatic heterocycles. The Kier molecular flexibility index (Phi) is 3.31. The van der Waals surface area contributed by atoms with E-state index >= 15 is 0 Å². The molecule has 5 nitrogen and oxygen atoms in total. The van der Waals surface area contributed by atoms with Crippen LogP contribution >= 0.6 is 12.2 Å². The molecule has 6 heteroatoms. The van der Waals surface area contributed by atoms with E-state index in [9.17, 15) is 0 Å². The van der Waals surface area contributed by atoms with E-state index in [0.717, 1.165) is 35.6 Å². The molecule has 0 saturated carbocycles. The number of aromatic nitrogens is 2. The number of hydrogen-bond acceptors (Lipinski definition) is 5. The lowest BCUT2D eigenvalue weighted by Crippen LogP contribution is -1.99. The lowest BCUT2D eigenvalue weighted by molar-refractivity contribution is 0.356. The first kappa shape index (κ1) is 12.9. The second-order valence-electron chi connectivity index (χ2n) is 4.46. The average Bonchev–Trinajstić information content (AvgIpc) is 2.93. The number of para-hydroxylation sites is 1. The Morgan fingerprint density at radius 2 is 2.10 bits per heavy atom. The van der Waals surface area contributed by atoms with E-state index in [1.807, 2.05) is 18.2 Å². The fraction of sp³-hybridized carbons (Fsp3) is 0.286. The van der Waals surface area contributed by atoms with Crippen molar-refractivity contribution in [2.45, 2.75) is 6.42 Å². The first-order valence-electron chi connectivity index (χ1n) is 6.33. The van der Waals surface area contributed by atoms with Gasteiger partial charge in [0.15, 0.2) is 16.3 Å². The molecule has 2 aromatic rings. The summed E-state index contributed by atoms with van der Waals surface area (Å²) < 4.78 is 11.3. The molecule has 1 aromatic carbocycles. The maximum atomic E-state index is 5.50. The zero-order valence-electron chi connectivity index (χ0n) is 11.3. The summed E-state index contributed by atoms with van der Waals surface area (Å²) in [6.07, 6.45) is 0.907. The fourth-order valence-corrected chi connectivity index (χ4v) is 2.70. The van der Waals surface area contributed by atoms with Crippen molar-refractivity contribution in [3.8, 4) is 22.8 Å². The van der Waals surface area contributed by atoms with Crippen LogP contribution in [0.15, 0.2) is 18.2 Å². The third-order valence-corrected chi connectivity index (χ3v) is 3.57. The second-order valence-corrected chi connectivity index (χ2v) is 4.85. The van der Waals surface area contributed by atoms with Crippen molar-refractivity contribution in [1.29, 1.82) is 0 Å². The van der Waals surface area contributed by atoms with Gasteiger partial charge in [-0.15, -0.1) is 0 Å². The first-order valence-corrected chi connectivity index (χ1v) is 6.74. The Bertz CT molecular complexity index is 712. The molecule has 2 N–H and O–H groups in total. The van der Waals surface area contributed by atoms with Crippen molar-refractivity contribution < 1.29 is 9.47 Å². The summed E-state index contributed by atoms with van der Waals surface area (Å²) in [5.74, 6) is 2.25. The van der Waals surface area contributed by atoms with Crippen LogP contribution in [0.2, 0.25) is 0 Å². The van der Waals surface area contributed by atoms with Gasteiger partial charge in [0.1, 0.15) is 5.82 Å². The van der Waals surface area contributed by atoms with Gasteiger partial charge in [0, 0.05) is 17.7 Å². The SMILES string of the molecule is COc1cccc(-c2[nH]c(=S)nc3c2CCN3)c1OC. The highest BCUT2D eigenvalue weighted by molar-refractivity contribution is 7.71. The molecule has 0 saturated heterocycles. The highest BCUT2D eigenvalue weighted by Gasteiger charge is 2.21. The van der Waals surface area contributed by atoms with Gasteiger partial charge in [0.25, 0.3) is 0 Å². The minimum absolute atomic E-state index is 0.457. The van der Waals surface area contributed by atoms with Crippen molar-refractivity contribution in [2.75, 3.05) is 26.1 Å². The van der Waals surface area contributed by atoms with Crippen LogP contribution in [0.1, 0.15) is 5.56 Å². The number of anilines is 1. The Morgan fingerprint density at radius 3 is 2.85 bits per heavy atom. The minimum atomic E-state index is 0.457. The van der Waals surface area contributed by atoms with E-state index < -0.39 is 0 Å². The minimum Gasteiger partial charge on any atom is -0.493 e. The molecule has 20 heavy (non-hydrogen) atoms. The largest absolute Gasteiger partial charge is 0.493 e. The van der Waals surface area contributed by atoms with Crippen molar-refractivity contribution in [3.63, 3.8) is 0 Å². The topological polar surface area (TPSA) is 59.2 Å². The summed E-state index contributed by atoms with van der Waals surface area (Å²) in [7, 11) is 3.26. The quantitative estimate of drug-likeness (QED) is 0.851. The average molecular weight is 289 g/mol. The van der Waals surface area contributed by atoms with Crippen molar-refractivity contribution >= 4 is 18.0 Å². The Balaban J connectivity index is 2.27. The van der Waals surface area contributed by atoms with Crippen LogP contribution < -0.4 is 14.8 Å². The highest BCUT2D eigenvalue weighted by Crippen LogP contribution is 2.40. The Hall–Kier alpha value is -2.08. The van der Waals surface area contributed by atoms with E-state index in [4.69, 9.17) is 21.7 Å². The summed E-state index contributed by atoms with van der Waals surface area (Å²) in [5, 5.41) is 3.25. The lowest BCUT2D eigenvalue weighted by atomic mass is 10.0. The molecule has 0 amide bonds. The number of hydrogen-bond donors (Lipinski definition) is 2. The molecule has 1 aliphatic heterocycles. The van der Waals surface area contributed by atoms with Crippen LogP contribution in [0.25, 0.3) is 11.3 Å². The third-order valence-electron chi connectivity index (χ3n) is 3.37. The van der Waals surface area contributed by atoms with Crippen molar-refractivity contribution in [1.82, 2.24) is 9.97 Å². The number of rotatable bonds is 3. The van der Waals surface area contributed by atoms with Crippen molar-refractivity contribution in [2.24, 2.45) is 0 Å². The molecule has 0 unspecified atom stereocenters. The number of methoxy groups -OCH3 is 2. The number of ether oxygens (including phenoxy) is 2. The van der Waals surface area contributed by atoms with Gasteiger partial charge in [0.2, 0.25) is 0 Å². The molecular weight excluding hydrogens is 274 g/mol. The van der Waals surface area contributed by atoms with Crippen molar-refractivity contribution in [3.05, 3.63) is 28.5 Å². The molecule has 2 heterocycles. The standard InChI is InChI=1S/C14H15N3O2S/c1-18-10-5-3-4-8(12(10)19-2)11-9-6-7-15-13(9)17-14(20)16-11/h3-5H,6-7H2,1-2H3,(H2,15,16,17,20). The molecular formula is C14H15N3O2S. The van der Waals surface area contributed by atoms with Gasteiger partial charge >= 0.3 is 0 Å². The van der Waals surface area contributed by atoms with Gasteiger partial charge in [0.05, 0.1) is 19.9 Å². The molecule has 0 atom stereocenters. The molecule has 0 fully saturated rings. The molecule has 3 rings (SSSR count). The van der Waals surface area contributed by atoms with Gasteiger partial charge in [-0.2, -0.15) is 0 Å². The third kappa shape index (κ3) is 2.02. The summed E-state index contributed by atoms with van der Waals surface area (Å²) >= 11 is 5.20. The fourth-order valence-electron chi connectivity index (χ4n) is 2.51. The summed E-state index contributed by atoms with van der Waals surface area (Å²) in [5.41, 5.74) is 3.01. The maximum absolute atomic E-state index is 5.50. The summed E-state index contributed by atoms with van der Waals surface area (Å²) in [4.78, 5) is 7.49. The van der Waals surface area contributed by atoms with E-state index in [-0.39, 0.29) is 0 Å². The highest BCUT2D eigenvalue weighted by atomic mass is 32.1. The summed E-state index contributed by atoms with van der Waals surface area (Å²) in [6.45, 7) is 0.869. The molecule has 1 aliphatic rings. The van der Waals surface area contributed by atoms with E-state index in [1.54, 1.807) is 14.2 Å². The monoisotopic (exact) mass is 289 g/mol. The molecule has 104 valence electrons. The van der Waals surface area contributed by atoms with Gasteiger partial charge in [-0.05, 0) is 30.8 Å². The van der Waals surface area contributed by atoms with E-state index in [1.165, 1.54) is 0 Å². The number of nitrogens with zero attached hydrogens (tertiary/aromatic N) is 1. The predicted molar refractivity (Wildman–Crippen MR) is 80.2 cm³/mol. The van der Waals surface area contributed by atoms with Gasteiger partial charge in [-0.25, -0.2) is 4.98 Å². The number of fused-ring (bicyclic) bond motifs is 1. The lowest BCUT2D eigenvalue weighted by Gasteiger charge is -2.14. The van der Waals surface area contributed by atoms with E-state index in [0.29, 0.717) is 16.3 Å². The van der Waals surface area contributed by atoms with Crippen LogP contribution in [0.5, 0.6) is 11.5 Å². The Labute approximate surface area is 122 Å². The normalized spacial score (nSPS) is 12.7.